The third-order valence-corrected chi connectivity index (χ3v) is 3.26. The number of alkyl halides is 1. The molecule has 0 bridgehead atoms. The van der Waals surface area contributed by atoms with Crippen molar-refractivity contribution in [3.05, 3.63) is 0 Å². The van der Waals surface area contributed by atoms with Crippen molar-refractivity contribution in [2.24, 2.45) is 0 Å². The highest BCUT2D eigenvalue weighted by atomic mass is 19.1. The Morgan fingerprint density at radius 3 is 1.89 bits per heavy atom. The fraction of sp³-hybridized carbons (Fsp3) is 0.923. The van der Waals surface area contributed by atoms with E-state index >= 15 is 0 Å². The molecule has 0 aromatic rings. The molecule has 0 aromatic heterocycles. The zero-order chi connectivity index (χ0) is 13.6. The monoisotopic (exact) mass is 262 g/mol. The third kappa shape index (κ3) is 3.42. The molecule has 0 radical (unpaired) electrons. The van der Waals surface area contributed by atoms with Crippen LogP contribution in [0.4, 0.5) is 4.39 Å². The average Bonchev–Trinajstić information content (AvgIpc) is 2.34. The normalized spacial score (nSPS) is 21.6. The quantitative estimate of drug-likeness (QED) is 0.545. The lowest BCUT2D eigenvalue weighted by Crippen LogP contribution is -2.48. The Labute approximate surface area is 108 Å². The number of hydrogen-bond donors (Lipinski definition) is 0. The first kappa shape index (κ1) is 15.4. The highest BCUT2D eigenvalue weighted by Gasteiger charge is 2.49. The fourth-order valence-electron chi connectivity index (χ4n) is 2.35. The summed E-state index contributed by atoms with van der Waals surface area (Å²) in [5, 5.41) is 0. The maximum absolute atomic E-state index is 14.4. The molecule has 18 heavy (non-hydrogen) atoms. The Morgan fingerprint density at radius 1 is 1.00 bits per heavy atom. The second-order valence-electron chi connectivity index (χ2n) is 4.46. The molecule has 0 aliphatic heterocycles. The van der Waals surface area contributed by atoms with Gasteiger partial charge < -0.3 is 14.2 Å². The van der Waals surface area contributed by atoms with E-state index in [0.29, 0.717) is 26.1 Å². The van der Waals surface area contributed by atoms with Crippen molar-refractivity contribution < 1.29 is 23.4 Å². The molecule has 1 fully saturated rings. The van der Waals surface area contributed by atoms with Gasteiger partial charge in [0.2, 0.25) is 5.67 Å². The van der Waals surface area contributed by atoms with Crippen molar-refractivity contribution in [3.8, 4) is 0 Å². The van der Waals surface area contributed by atoms with Gasteiger partial charge in [-0.15, -0.1) is 0 Å². The minimum Gasteiger partial charge on any atom is -0.464 e. The fourth-order valence-corrected chi connectivity index (χ4v) is 2.35. The second kappa shape index (κ2) is 6.48. The SMILES string of the molecule is CCOC(=O)C1(F)CCC(OCC)(OCC)CC1. The molecule has 0 unspecified atom stereocenters. The summed E-state index contributed by atoms with van der Waals surface area (Å²) in [7, 11) is 0. The first-order chi connectivity index (χ1) is 8.52. The van der Waals surface area contributed by atoms with Gasteiger partial charge >= 0.3 is 5.97 Å². The number of carbonyl (C=O) groups excluding carboxylic acids is 1. The minimum absolute atomic E-state index is 0.0891. The molecule has 0 amide bonds. The summed E-state index contributed by atoms with van der Waals surface area (Å²) >= 11 is 0. The number of halogens is 1. The molecule has 106 valence electrons. The number of carbonyl (C=O) groups is 1. The van der Waals surface area contributed by atoms with Gasteiger partial charge in [-0.05, 0) is 33.6 Å². The van der Waals surface area contributed by atoms with Crippen LogP contribution >= 0.6 is 0 Å². The van der Waals surface area contributed by atoms with Crippen LogP contribution in [0.15, 0.2) is 0 Å². The van der Waals surface area contributed by atoms with Crippen LogP contribution in [0.25, 0.3) is 0 Å². The van der Waals surface area contributed by atoms with Crippen LogP contribution in [-0.2, 0) is 19.0 Å². The summed E-state index contributed by atoms with van der Waals surface area (Å²) in [5.41, 5.74) is -1.88. The molecule has 0 spiro atoms. The van der Waals surface area contributed by atoms with Gasteiger partial charge in [0.15, 0.2) is 5.79 Å². The molecule has 1 rings (SSSR count). The van der Waals surface area contributed by atoms with Crippen molar-refractivity contribution in [3.63, 3.8) is 0 Å². The summed E-state index contributed by atoms with van der Waals surface area (Å²) in [5.74, 6) is -1.49. The topological polar surface area (TPSA) is 44.8 Å². The van der Waals surface area contributed by atoms with Crippen LogP contribution in [0.3, 0.4) is 0 Å². The highest BCUT2D eigenvalue weighted by Crippen LogP contribution is 2.41. The van der Waals surface area contributed by atoms with E-state index in [1.54, 1.807) is 6.92 Å². The summed E-state index contributed by atoms with van der Waals surface area (Å²) in [6, 6.07) is 0. The smallest absolute Gasteiger partial charge is 0.343 e. The zero-order valence-corrected chi connectivity index (χ0v) is 11.5. The van der Waals surface area contributed by atoms with E-state index in [1.165, 1.54) is 0 Å². The summed E-state index contributed by atoms with van der Waals surface area (Å²) in [6.45, 7) is 6.66. The van der Waals surface area contributed by atoms with E-state index in [-0.39, 0.29) is 19.4 Å². The van der Waals surface area contributed by atoms with Gasteiger partial charge in [0.05, 0.1) is 6.61 Å². The Balaban J connectivity index is 2.64. The zero-order valence-electron chi connectivity index (χ0n) is 11.5. The molecule has 4 nitrogen and oxygen atoms in total. The maximum Gasteiger partial charge on any atom is 0.343 e. The van der Waals surface area contributed by atoms with Gasteiger partial charge in [-0.1, -0.05) is 0 Å². The molecule has 0 aromatic carbocycles. The lowest BCUT2D eigenvalue weighted by molar-refractivity contribution is -0.259. The average molecular weight is 262 g/mol. The molecule has 0 N–H and O–H groups in total. The molecule has 0 heterocycles. The van der Waals surface area contributed by atoms with Crippen LogP contribution in [0.5, 0.6) is 0 Å². The van der Waals surface area contributed by atoms with Crippen LogP contribution in [0.1, 0.15) is 46.5 Å². The van der Waals surface area contributed by atoms with Crippen molar-refractivity contribution >= 4 is 5.97 Å². The van der Waals surface area contributed by atoms with E-state index in [2.05, 4.69) is 0 Å². The third-order valence-electron chi connectivity index (χ3n) is 3.26. The second-order valence-corrected chi connectivity index (χ2v) is 4.46. The molecular formula is C13H23FO4. The first-order valence-corrected chi connectivity index (χ1v) is 6.66. The molecule has 1 saturated carbocycles. The van der Waals surface area contributed by atoms with E-state index in [9.17, 15) is 9.18 Å². The lowest BCUT2D eigenvalue weighted by Gasteiger charge is -2.40. The lowest BCUT2D eigenvalue weighted by atomic mass is 9.82. The van der Waals surface area contributed by atoms with Gasteiger partial charge in [0, 0.05) is 26.1 Å². The van der Waals surface area contributed by atoms with E-state index < -0.39 is 17.4 Å². The Morgan fingerprint density at radius 2 is 1.50 bits per heavy atom. The van der Waals surface area contributed by atoms with Gasteiger partial charge in [0.1, 0.15) is 0 Å². The molecule has 0 saturated heterocycles. The predicted octanol–water partition coefficient (Wildman–Crippen LogP) is 2.60. The van der Waals surface area contributed by atoms with Crippen molar-refractivity contribution in [2.45, 2.75) is 57.9 Å². The maximum atomic E-state index is 14.4. The largest absolute Gasteiger partial charge is 0.464 e. The highest BCUT2D eigenvalue weighted by molar-refractivity contribution is 5.79. The van der Waals surface area contributed by atoms with Crippen LogP contribution in [0, 0.1) is 0 Å². The number of ether oxygens (including phenoxy) is 3. The van der Waals surface area contributed by atoms with E-state index in [1.807, 2.05) is 13.8 Å². The Bertz CT molecular complexity index is 264. The molecular weight excluding hydrogens is 239 g/mol. The summed E-state index contributed by atoms with van der Waals surface area (Å²) < 4.78 is 30.4. The van der Waals surface area contributed by atoms with Gasteiger partial charge in [0.25, 0.3) is 0 Å². The molecule has 0 atom stereocenters. The van der Waals surface area contributed by atoms with Crippen LogP contribution in [0.2, 0.25) is 0 Å². The number of rotatable bonds is 6. The Kier molecular flexibility index (Phi) is 5.53. The van der Waals surface area contributed by atoms with Crippen LogP contribution in [-0.4, -0.2) is 37.2 Å². The molecule has 1 aliphatic carbocycles. The van der Waals surface area contributed by atoms with Crippen molar-refractivity contribution in [1.82, 2.24) is 0 Å². The van der Waals surface area contributed by atoms with Gasteiger partial charge in [-0.25, -0.2) is 9.18 Å². The van der Waals surface area contributed by atoms with Crippen LogP contribution < -0.4 is 0 Å². The van der Waals surface area contributed by atoms with Crippen molar-refractivity contribution in [2.75, 3.05) is 19.8 Å². The summed E-state index contributed by atoms with van der Waals surface area (Å²) in [6.07, 6.45) is 0.936. The first-order valence-electron chi connectivity index (χ1n) is 6.66. The van der Waals surface area contributed by atoms with E-state index in [0.717, 1.165) is 0 Å². The number of esters is 1. The number of hydrogen-bond acceptors (Lipinski definition) is 4. The van der Waals surface area contributed by atoms with Gasteiger partial charge in [-0.2, -0.15) is 0 Å². The Hall–Kier alpha value is -0.680. The summed E-state index contributed by atoms with van der Waals surface area (Å²) in [4.78, 5) is 11.6. The molecule has 1 aliphatic rings. The minimum atomic E-state index is -1.88. The standard InChI is InChI=1S/C13H23FO4/c1-4-16-11(15)12(14)7-9-13(10-8-12,17-5-2)18-6-3/h4-10H2,1-3H3. The van der Waals surface area contributed by atoms with Gasteiger partial charge in [-0.3, -0.25) is 0 Å². The van der Waals surface area contributed by atoms with Crippen molar-refractivity contribution in [1.29, 1.82) is 0 Å². The molecule has 5 heteroatoms. The van der Waals surface area contributed by atoms with E-state index in [4.69, 9.17) is 14.2 Å². The predicted molar refractivity (Wildman–Crippen MR) is 64.9 cm³/mol.